The molecule has 1 aromatic carbocycles. The number of aliphatic carboxylic acids is 1. The molecule has 1 aliphatic rings. The Morgan fingerprint density at radius 3 is 2.39 bits per heavy atom. The summed E-state index contributed by atoms with van der Waals surface area (Å²) in [6.07, 6.45) is -1.92. The Hall–Kier alpha value is -2.13. The van der Waals surface area contributed by atoms with Gasteiger partial charge in [0.1, 0.15) is 5.54 Å². The van der Waals surface area contributed by atoms with E-state index in [1.165, 1.54) is 0 Å². The van der Waals surface area contributed by atoms with Crippen LogP contribution in [0.1, 0.15) is 12.0 Å². The van der Waals surface area contributed by atoms with E-state index in [0.717, 1.165) is 11.2 Å². The Morgan fingerprint density at radius 1 is 1.30 bits per heavy atom. The second kappa shape index (κ2) is 6.17. The highest BCUT2D eigenvalue weighted by Gasteiger charge is 2.55. The van der Waals surface area contributed by atoms with Crippen LogP contribution in [-0.4, -0.2) is 60.0 Å². The lowest BCUT2D eigenvalue weighted by atomic mass is 9.88. The van der Waals surface area contributed by atoms with Gasteiger partial charge in [0.2, 0.25) is 0 Å². The molecule has 1 aliphatic heterocycles. The third kappa shape index (κ3) is 3.80. The van der Waals surface area contributed by atoms with Crippen molar-refractivity contribution in [1.82, 2.24) is 4.90 Å². The van der Waals surface area contributed by atoms with Crippen LogP contribution in [0.3, 0.4) is 0 Å². The van der Waals surface area contributed by atoms with E-state index in [-0.39, 0.29) is 19.4 Å². The minimum absolute atomic E-state index is 0.0703. The highest BCUT2D eigenvalue weighted by Crippen LogP contribution is 2.35. The maximum absolute atomic E-state index is 11.8. The van der Waals surface area contributed by atoms with E-state index in [4.69, 9.17) is 4.18 Å². The molecule has 2 N–H and O–H groups in total. The van der Waals surface area contributed by atoms with Crippen LogP contribution in [0.5, 0.6) is 0 Å². The highest BCUT2D eigenvalue weighted by atomic mass is 32.2. The molecule has 126 valence electrons. The van der Waals surface area contributed by atoms with E-state index in [9.17, 15) is 28.2 Å². The first-order valence-electron chi connectivity index (χ1n) is 6.80. The summed E-state index contributed by atoms with van der Waals surface area (Å²) in [5.74, 6) is -1.33. The minimum Gasteiger partial charge on any atom is -0.479 e. The Morgan fingerprint density at radius 2 is 1.91 bits per heavy atom. The third-order valence-electron chi connectivity index (χ3n) is 3.75. The van der Waals surface area contributed by atoms with Gasteiger partial charge in [-0.1, -0.05) is 30.3 Å². The first kappa shape index (κ1) is 17.2. The van der Waals surface area contributed by atoms with Crippen molar-refractivity contribution in [2.24, 2.45) is 0 Å². The largest absolute Gasteiger partial charge is 0.479 e. The lowest BCUT2D eigenvalue weighted by Crippen LogP contribution is -2.54. The van der Waals surface area contributed by atoms with Crippen molar-refractivity contribution in [3.05, 3.63) is 35.9 Å². The van der Waals surface area contributed by atoms with Crippen LogP contribution >= 0.6 is 0 Å². The number of nitrogens with zero attached hydrogens (tertiary/aromatic N) is 1. The zero-order valence-corrected chi connectivity index (χ0v) is 13.2. The molecule has 2 rings (SSSR count). The maximum Gasteiger partial charge on any atom is 0.408 e. The average Bonchev–Trinajstić information content (AvgIpc) is 2.77. The molecular weight excluding hydrogens is 326 g/mol. The van der Waals surface area contributed by atoms with Crippen LogP contribution < -0.4 is 0 Å². The van der Waals surface area contributed by atoms with Gasteiger partial charge in [-0.3, -0.25) is 9.08 Å². The molecule has 0 spiro atoms. The van der Waals surface area contributed by atoms with Crippen molar-refractivity contribution >= 4 is 22.2 Å². The number of benzene rings is 1. The fraction of sp³-hybridized carbons (Fsp3) is 0.429. The van der Waals surface area contributed by atoms with Crippen molar-refractivity contribution in [3.8, 4) is 0 Å². The van der Waals surface area contributed by atoms with Crippen LogP contribution in [0.15, 0.2) is 30.3 Å². The molecule has 1 saturated heterocycles. The van der Waals surface area contributed by atoms with Crippen molar-refractivity contribution in [2.45, 2.75) is 24.5 Å². The second-order valence-electron chi connectivity index (χ2n) is 5.52. The fourth-order valence-electron chi connectivity index (χ4n) is 2.88. The number of hydrogen-bond donors (Lipinski definition) is 2. The van der Waals surface area contributed by atoms with Crippen LogP contribution in [-0.2, 0) is 25.5 Å². The molecule has 1 aromatic rings. The second-order valence-corrected chi connectivity index (χ2v) is 7.12. The number of likely N-dealkylation sites (tertiary alicyclic amines) is 1. The van der Waals surface area contributed by atoms with E-state index in [0.29, 0.717) is 5.56 Å². The highest BCUT2D eigenvalue weighted by molar-refractivity contribution is 7.86. The molecule has 1 amide bonds. The van der Waals surface area contributed by atoms with Crippen LogP contribution in [0.25, 0.3) is 0 Å². The van der Waals surface area contributed by atoms with Gasteiger partial charge in [0.25, 0.3) is 10.1 Å². The Labute approximate surface area is 133 Å². The number of carboxylic acids is 1. The van der Waals surface area contributed by atoms with E-state index in [2.05, 4.69) is 0 Å². The summed E-state index contributed by atoms with van der Waals surface area (Å²) in [6.45, 7) is -0.318. The minimum atomic E-state index is -3.82. The lowest BCUT2D eigenvalue weighted by molar-refractivity contribution is -0.148. The fourth-order valence-corrected chi connectivity index (χ4v) is 3.51. The SMILES string of the molecule is CS(=O)(=O)O[C@@H]1CN(C(=O)O)[C@](Cc2ccccc2)(C(=O)O)C1. The van der Waals surface area contributed by atoms with Gasteiger partial charge in [-0.15, -0.1) is 0 Å². The van der Waals surface area contributed by atoms with Crippen molar-refractivity contribution in [3.63, 3.8) is 0 Å². The standard InChI is InChI=1S/C14H17NO7S/c1-23(20,21)22-11-8-14(12(16)17,15(9-11)13(18)19)7-10-5-3-2-4-6-10/h2-6,11H,7-9H2,1H3,(H,16,17)(H,18,19)/t11-,14-/m0/s1. The molecular formula is C14H17NO7S. The Bertz CT molecular complexity index is 703. The summed E-state index contributed by atoms with van der Waals surface area (Å²) < 4.78 is 27.4. The smallest absolute Gasteiger partial charge is 0.408 e. The summed E-state index contributed by atoms with van der Waals surface area (Å²) in [5, 5.41) is 19.0. The van der Waals surface area contributed by atoms with Gasteiger partial charge >= 0.3 is 12.1 Å². The van der Waals surface area contributed by atoms with Gasteiger partial charge < -0.3 is 10.2 Å². The zero-order chi connectivity index (χ0) is 17.3. The number of rotatable bonds is 5. The average molecular weight is 343 g/mol. The van der Waals surface area contributed by atoms with Crippen LogP contribution in [0, 0.1) is 0 Å². The van der Waals surface area contributed by atoms with Crippen LogP contribution in [0.2, 0.25) is 0 Å². The van der Waals surface area contributed by atoms with Crippen molar-refractivity contribution in [1.29, 1.82) is 0 Å². The first-order valence-corrected chi connectivity index (χ1v) is 8.62. The molecule has 8 nitrogen and oxygen atoms in total. The Balaban J connectivity index is 2.38. The molecule has 1 heterocycles. The Kier molecular flexibility index (Phi) is 4.62. The molecule has 0 unspecified atom stereocenters. The predicted molar refractivity (Wildman–Crippen MR) is 79.6 cm³/mol. The number of carboxylic acid groups (broad SMARTS) is 2. The predicted octanol–water partition coefficient (Wildman–Crippen LogP) is 0.781. The molecule has 23 heavy (non-hydrogen) atoms. The van der Waals surface area contributed by atoms with Gasteiger partial charge in [0.05, 0.1) is 18.9 Å². The molecule has 1 fully saturated rings. The molecule has 9 heteroatoms. The van der Waals surface area contributed by atoms with Gasteiger partial charge in [-0.2, -0.15) is 8.42 Å². The maximum atomic E-state index is 11.8. The van der Waals surface area contributed by atoms with E-state index < -0.39 is 33.8 Å². The van der Waals surface area contributed by atoms with Gasteiger partial charge in [0, 0.05) is 12.8 Å². The quantitative estimate of drug-likeness (QED) is 0.758. The molecule has 0 saturated carbocycles. The molecule has 0 aliphatic carbocycles. The molecule has 0 bridgehead atoms. The normalized spacial score (nSPS) is 24.6. The topological polar surface area (TPSA) is 121 Å². The van der Waals surface area contributed by atoms with Crippen molar-refractivity contribution < 1.29 is 32.4 Å². The number of amides is 1. The van der Waals surface area contributed by atoms with Crippen molar-refractivity contribution in [2.75, 3.05) is 12.8 Å². The van der Waals surface area contributed by atoms with E-state index >= 15 is 0 Å². The molecule has 0 radical (unpaired) electrons. The third-order valence-corrected chi connectivity index (χ3v) is 4.37. The summed E-state index contributed by atoms with van der Waals surface area (Å²) in [5.41, 5.74) is -1.12. The van der Waals surface area contributed by atoms with Gasteiger partial charge in [0.15, 0.2) is 0 Å². The monoisotopic (exact) mass is 343 g/mol. The first-order chi connectivity index (χ1) is 10.6. The number of carbonyl (C=O) groups is 2. The number of hydrogen-bond acceptors (Lipinski definition) is 5. The molecule has 2 atom stereocenters. The van der Waals surface area contributed by atoms with Crippen LogP contribution in [0.4, 0.5) is 4.79 Å². The molecule has 0 aromatic heterocycles. The summed E-state index contributed by atoms with van der Waals surface area (Å²) >= 11 is 0. The zero-order valence-electron chi connectivity index (χ0n) is 12.4. The summed E-state index contributed by atoms with van der Waals surface area (Å²) in [4.78, 5) is 24.1. The summed E-state index contributed by atoms with van der Waals surface area (Å²) in [7, 11) is -3.82. The van der Waals surface area contributed by atoms with E-state index in [1.807, 2.05) is 0 Å². The lowest BCUT2D eigenvalue weighted by Gasteiger charge is -2.32. The summed E-state index contributed by atoms with van der Waals surface area (Å²) in [6, 6.07) is 8.58. The van der Waals surface area contributed by atoms with Gasteiger partial charge in [-0.25, -0.2) is 9.59 Å². The van der Waals surface area contributed by atoms with E-state index in [1.54, 1.807) is 30.3 Å². The van der Waals surface area contributed by atoms with Gasteiger partial charge in [-0.05, 0) is 5.56 Å².